The lowest BCUT2D eigenvalue weighted by molar-refractivity contribution is 0.346. The first kappa shape index (κ1) is 13.0. The molecule has 0 atom stereocenters. The van der Waals surface area contributed by atoms with Crippen molar-refractivity contribution in [2.45, 2.75) is 19.8 Å². The number of nitrogens with one attached hydrogen (secondary N) is 1. The van der Waals surface area contributed by atoms with Gasteiger partial charge in [0.25, 0.3) is 0 Å². The molecular formula is C12H22N6. The van der Waals surface area contributed by atoms with Crippen molar-refractivity contribution in [2.75, 3.05) is 43.6 Å². The molecule has 6 nitrogen and oxygen atoms in total. The normalized spacial score (nSPS) is 15.9. The quantitative estimate of drug-likeness (QED) is 0.589. The maximum absolute atomic E-state index is 5.39. The molecule has 6 heteroatoms. The number of nitrogens with two attached hydrogens (primary N) is 1. The van der Waals surface area contributed by atoms with Crippen molar-refractivity contribution in [1.82, 2.24) is 14.9 Å². The molecule has 0 unspecified atom stereocenters. The van der Waals surface area contributed by atoms with Crippen LogP contribution < -0.4 is 16.2 Å². The number of hydrogen-bond donors (Lipinski definition) is 2. The van der Waals surface area contributed by atoms with Crippen LogP contribution in [0.5, 0.6) is 0 Å². The Labute approximate surface area is 108 Å². The first-order chi connectivity index (χ1) is 8.69. The first-order valence-corrected chi connectivity index (χ1v) is 6.45. The van der Waals surface area contributed by atoms with Crippen molar-refractivity contribution in [3.05, 3.63) is 11.9 Å². The van der Waals surface area contributed by atoms with E-state index in [0.717, 1.165) is 24.7 Å². The fourth-order valence-electron chi connectivity index (χ4n) is 2.23. The number of aryl methyl sites for hydroxylation is 1. The average Bonchev–Trinajstić information content (AvgIpc) is 2.88. The van der Waals surface area contributed by atoms with Gasteiger partial charge >= 0.3 is 0 Å². The number of rotatable bonds is 5. The highest BCUT2D eigenvalue weighted by molar-refractivity contribution is 5.48. The molecule has 0 bridgehead atoms. The average molecular weight is 250 g/mol. The number of nitrogen functional groups attached to an aromatic ring is 1. The van der Waals surface area contributed by atoms with E-state index in [1.54, 1.807) is 0 Å². The second kappa shape index (κ2) is 5.97. The number of hydrazine groups is 1. The molecule has 1 aromatic heterocycles. The van der Waals surface area contributed by atoms with E-state index < -0.39 is 0 Å². The van der Waals surface area contributed by atoms with Gasteiger partial charge in [-0.2, -0.15) is 0 Å². The zero-order valence-electron chi connectivity index (χ0n) is 11.2. The molecule has 2 heterocycles. The van der Waals surface area contributed by atoms with Crippen LogP contribution in [0.1, 0.15) is 18.7 Å². The second-order valence-electron chi connectivity index (χ2n) is 4.77. The lowest BCUT2D eigenvalue weighted by Gasteiger charge is -2.22. The highest BCUT2D eigenvalue weighted by Crippen LogP contribution is 2.14. The van der Waals surface area contributed by atoms with Gasteiger partial charge in [-0.05, 0) is 32.9 Å². The van der Waals surface area contributed by atoms with E-state index in [2.05, 4.69) is 32.2 Å². The maximum Gasteiger partial charge on any atom is 0.145 e. The maximum atomic E-state index is 5.39. The number of likely N-dealkylation sites (N-methyl/N-ethyl adjacent to an activating group) is 1. The summed E-state index contributed by atoms with van der Waals surface area (Å²) < 4.78 is 0. The molecule has 1 fully saturated rings. The summed E-state index contributed by atoms with van der Waals surface area (Å²) in [4.78, 5) is 13.3. The third-order valence-corrected chi connectivity index (χ3v) is 3.31. The van der Waals surface area contributed by atoms with Crippen LogP contribution in [0.2, 0.25) is 0 Å². The second-order valence-corrected chi connectivity index (χ2v) is 4.77. The smallest absolute Gasteiger partial charge is 0.145 e. The van der Waals surface area contributed by atoms with E-state index in [1.807, 2.05) is 13.0 Å². The fraction of sp³-hybridized carbons (Fsp3) is 0.667. The largest absolute Gasteiger partial charge is 0.358 e. The number of nitrogens with zero attached hydrogens (tertiary/aromatic N) is 4. The lowest BCUT2D eigenvalue weighted by Crippen LogP contribution is -2.32. The molecule has 1 aliphatic heterocycles. The molecule has 1 saturated heterocycles. The Morgan fingerprint density at radius 2 is 2.11 bits per heavy atom. The molecule has 0 aromatic carbocycles. The van der Waals surface area contributed by atoms with Crippen LogP contribution in [0.25, 0.3) is 0 Å². The van der Waals surface area contributed by atoms with Crippen molar-refractivity contribution >= 4 is 11.6 Å². The summed E-state index contributed by atoms with van der Waals surface area (Å²) in [6, 6.07) is 1.87. The third kappa shape index (κ3) is 3.30. The summed E-state index contributed by atoms with van der Waals surface area (Å²) in [5.74, 6) is 7.69. The van der Waals surface area contributed by atoms with Crippen LogP contribution in [0.4, 0.5) is 11.6 Å². The van der Waals surface area contributed by atoms with E-state index in [1.165, 1.54) is 25.9 Å². The van der Waals surface area contributed by atoms with Crippen molar-refractivity contribution < 1.29 is 0 Å². The molecule has 1 aromatic rings. The predicted molar refractivity (Wildman–Crippen MR) is 73.5 cm³/mol. The summed E-state index contributed by atoms with van der Waals surface area (Å²) in [5, 5.41) is 0. The van der Waals surface area contributed by atoms with E-state index >= 15 is 0 Å². The van der Waals surface area contributed by atoms with Crippen molar-refractivity contribution in [3.8, 4) is 0 Å². The minimum Gasteiger partial charge on any atom is -0.358 e. The van der Waals surface area contributed by atoms with Crippen LogP contribution in [0.15, 0.2) is 6.07 Å². The number of aromatic nitrogens is 2. The third-order valence-electron chi connectivity index (χ3n) is 3.31. The van der Waals surface area contributed by atoms with Gasteiger partial charge in [0.1, 0.15) is 17.5 Å². The molecule has 100 valence electrons. The molecule has 1 aliphatic rings. The van der Waals surface area contributed by atoms with Gasteiger partial charge in [-0.25, -0.2) is 15.8 Å². The lowest BCUT2D eigenvalue weighted by atomic mass is 10.4. The van der Waals surface area contributed by atoms with E-state index in [9.17, 15) is 0 Å². The minimum absolute atomic E-state index is 0.658. The first-order valence-electron chi connectivity index (χ1n) is 6.45. The van der Waals surface area contributed by atoms with Crippen LogP contribution >= 0.6 is 0 Å². The number of likely N-dealkylation sites (tertiary alicyclic amines) is 1. The van der Waals surface area contributed by atoms with Gasteiger partial charge in [0.15, 0.2) is 0 Å². The molecule has 0 radical (unpaired) electrons. The standard InChI is InChI=1S/C12H22N6/c1-10-14-11(16-13)9-12(15-10)17(2)7-8-18-5-3-4-6-18/h9H,3-8,13H2,1-2H3,(H,14,15,16). The van der Waals surface area contributed by atoms with Gasteiger partial charge in [0.05, 0.1) is 0 Å². The van der Waals surface area contributed by atoms with E-state index in [4.69, 9.17) is 5.84 Å². The molecule has 3 N–H and O–H groups in total. The highest BCUT2D eigenvalue weighted by atomic mass is 15.3. The molecule has 0 spiro atoms. The Morgan fingerprint density at radius 1 is 1.39 bits per heavy atom. The van der Waals surface area contributed by atoms with Crippen molar-refractivity contribution in [1.29, 1.82) is 0 Å². The number of anilines is 2. The molecule has 18 heavy (non-hydrogen) atoms. The Bertz CT molecular complexity index is 388. The monoisotopic (exact) mass is 250 g/mol. The topological polar surface area (TPSA) is 70.3 Å². The van der Waals surface area contributed by atoms with E-state index in [0.29, 0.717) is 5.82 Å². The molecule has 0 saturated carbocycles. The Hall–Kier alpha value is -1.40. The minimum atomic E-state index is 0.658. The van der Waals surface area contributed by atoms with Crippen molar-refractivity contribution in [3.63, 3.8) is 0 Å². The summed E-state index contributed by atoms with van der Waals surface area (Å²) in [6.45, 7) is 6.39. The summed E-state index contributed by atoms with van der Waals surface area (Å²) >= 11 is 0. The van der Waals surface area contributed by atoms with Gasteiger partial charge in [-0.1, -0.05) is 0 Å². The molecular weight excluding hydrogens is 228 g/mol. The van der Waals surface area contributed by atoms with Gasteiger partial charge in [0.2, 0.25) is 0 Å². The molecule has 2 rings (SSSR count). The van der Waals surface area contributed by atoms with Crippen LogP contribution in [0.3, 0.4) is 0 Å². The van der Waals surface area contributed by atoms with Crippen LogP contribution in [0, 0.1) is 6.92 Å². The number of hydrogen-bond acceptors (Lipinski definition) is 6. The summed E-state index contributed by atoms with van der Waals surface area (Å²) in [7, 11) is 2.05. The van der Waals surface area contributed by atoms with Gasteiger partial charge in [-0.15, -0.1) is 0 Å². The fourth-order valence-corrected chi connectivity index (χ4v) is 2.23. The van der Waals surface area contributed by atoms with E-state index in [-0.39, 0.29) is 0 Å². The summed E-state index contributed by atoms with van der Waals surface area (Å²) in [6.07, 6.45) is 2.66. The van der Waals surface area contributed by atoms with Gasteiger partial charge in [-0.3, -0.25) is 0 Å². The van der Waals surface area contributed by atoms with Gasteiger partial charge < -0.3 is 15.2 Å². The highest BCUT2D eigenvalue weighted by Gasteiger charge is 2.13. The van der Waals surface area contributed by atoms with Gasteiger partial charge in [0, 0.05) is 26.2 Å². The predicted octanol–water partition coefficient (Wildman–Crippen LogP) is 0.603. The molecule has 0 aliphatic carbocycles. The van der Waals surface area contributed by atoms with Crippen LogP contribution in [-0.2, 0) is 0 Å². The summed E-state index contributed by atoms with van der Waals surface area (Å²) in [5.41, 5.74) is 2.57. The SMILES string of the molecule is Cc1nc(NN)cc(N(C)CCN2CCCC2)n1. The van der Waals surface area contributed by atoms with Crippen LogP contribution in [-0.4, -0.2) is 48.1 Å². The Morgan fingerprint density at radius 3 is 2.78 bits per heavy atom. The van der Waals surface area contributed by atoms with Crippen molar-refractivity contribution in [2.24, 2.45) is 5.84 Å². The molecule has 0 amide bonds. The Balaban J connectivity index is 1.94. The Kier molecular flexibility index (Phi) is 4.33. The zero-order chi connectivity index (χ0) is 13.0. The zero-order valence-corrected chi connectivity index (χ0v) is 11.2.